The highest BCUT2D eigenvalue weighted by molar-refractivity contribution is 7.07. The van der Waals surface area contributed by atoms with Gasteiger partial charge in [0.15, 0.2) is 16.3 Å². The molecule has 0 spiro atoms. The summed E-state index contributed by atoms with van der Waals surface area (Å²) in [7, 11) is 4.58. The number of hydrogen-bond donors (Lipinski definition) is 1. The fourth-order valence-electron chi connectivity index (χ4n) is 4.56. The van der Waals surface area contributed by atoms with E-state index in [1.165, 1.54) is 24.5 Å². The summed E-state index contributed by atoms with van der Waals surface area (Å²) in [5, 5.41) is 9.96. The van der Waals surface area contributed by atoms with Crippen LogP contribution in [0.15, 0.2) is 57.5 Å². The SMILES string of the molecule is CCN(CC)C(=O)C1=C(C)N=c2s/c(=C/c3ccc(O)c(OC)c3)c(=O)n2[C@H]1c1cc(OC)ccc1OC. The fourth-order valence-corrected chi connectivity index (χ4v) is 5.61. The van der Waals surface area contributed by atoms with Crippen LogP contribution in [-0.2, 0) is 4.79 Å². The number of phenolic OH excluding ortho intramolecular Hbond substituents is 1. The Hall–Kier alpha value is -4.05. The van der Waals surface area contributed by atoms with Gasteiger partial charge >= 0.3 is 0 Å². The third kappa shape index (κ3) is 4.79. The van der Waals surface area contributed by atoms with Crippen LogP contribution in [-0.4, -0.2) is 54.9 Å². The molecule has 0 unspecified atom stereocenters. The molecule has 38 heavy (non-hydrogen) atoms. The average Bonchev–Trinajstić information content (AvgIpc) is 3.22. The van der Waals surface area contributed by atoms with Crippen LogP contribution < -0.4 is 29.1 Å². The molecule has 1 atom stereocenters. The van der Waals surface area contributed by atoms with Gasteiger partial charge in [-0.15, -0.1) is 0 Å². The highest BCUT2D eigenvalue weighted by atomic mass is 32.1. The van der Waals surface area contributed by atoms with E-state index in [1.54, 1.807) is 67.0 Å². The van der Waals surface area contributed by atoms with E-state index in [0.717, 1.165) is 0 Å². The Morgan fingerprint density at radius 3 is 2.42 bits per heavy atom. The number of hydrogen-bond acceptors (Lipinski definition) is 8. The molecule has 0 fully saturated rings. The van der Waals surface area contributed by atoms with Gasteiger partial charge in [0.25, 0.3) is 11.5 Å². The molecule has 1 aromatic heterocycles. The number of amides is 1. The van der Waals surface area contributed by atoms with Crippen molar-refractivity contribution in [2.75, 3.05) is 34.4 Å². The number of phenols is 1. The Bertz CT molecular complexity index is 1580. The highest BCUT2D eigenvalue weighted by Crippen LogP contribution is 2.38. The van der Waals surface area contributed by atoms with E-state index in [9.17, 15) is 14.7 Å². The van der Waals surface area contributed by atoms with E-state index in [-0.39, 0.29) is 17.2 Å². The Kier molecular flexibility index (Phi) is 7.91. The van der Waals surface area contributed by atoms with E-state index in [2.05, 4.69) is 0 Å². The molecule has 4 rings (SSSR count). The van der Waals surface area contributed by atoms with Gasteiger partial charge in [-0.1, -0.05) is 17.4 Å². The molecule has 0 saturated heterocycles. The van der Waals surface area contributed by atoms with Crippen molar-refractivity contribution in [2.45, 2.75) is 26.8 Å². The molecule has 1 amide bonds. The Balaban J connectivity index is 2.02. The molecule has 2 heterocycles. The number of nitrogens with zero attached hydrogens (tertiary/aromatic N) is 3. The van der Waals surface area contributed by atoms with E-state index < -0.39 is 6.04 Å². The molecular weight excluding hydrogens is 506 g/mol. The van der Waals surface area contributed by atoms with Crippen molar-refractivity contribution in [2.24, 2.45) is 4.99 Å². The average molecular weight is 538 g/mol. The van der Waals surface area contributed by atoms with E-state index in [0.29, 0.717) is 62.1 Å². The largest absolute Gasteiger partial charge is 0.504 e. The number of carbonyl (C=O) groups is 1. The smallest absolute Gasteiger partial charge is 0.271 e. The van der Waals surface area contributed by atoms with Crippen LogP contribution in [0.2, 0.25) is 0 Å². The van der Waals surface area contributed by atoms with Crippen molar-refractivity contribution in [3.63, 3.8) is 0 Å². The molecular formula is C28H31N3O6S. The molecule has 10 heteroatoms. The van der Waals surface area contributed by atoms with Gasteiger partial charge in [-0.2, -0.15) is 0 Å². The maximum atomic E-state index is 13.9. The Labute approximate surface area is 224 Å². The number of thiazole rings is 1. The maximum Gasteiger partial charge on any atom is 0.271 e. The van der Waals surface area contributed by atoms with Crippen LogP contribution in [0.5, 0.6) is 23.0 Å². The van der Waals surface area contributed by atoms with Gasteiger partial charge in [0.2, 0.25) is 0 Å². The highest BCUT2D eigenvalue weighted by Gasteiger charge is 2.36. The number of aromatic nitrogens is 1. The minimum atomic E-state index is -0.777. The van der Waals surface area contributed by atoms with Crippen LogP contribution in [0.3, 0.4) is 0 Å². The number of carbonyl (C=O) groups excluding carboxylic acids is 1. The third-order valence-electron chi connectivity index (χ3n) is 6.54. The molecule has 1 aliphatic heterocycles. The van der Waals surface area contributed by atoms with Crippen LogP contribution in [0, 0.1) is 0 Å². The molecule has 3 aromatic rings. The first-order valence-corrected chi connectivity index (χ1v) is 13.0. The van der Waals surface area contributed by atoms with Crippen molar-refractivity contribution in [1.82, 2.24) is 9.47 Å². The molecule has 0 bridgehead atoms. The van der Waals surface area contributed by atoms with Gasteiger partial charge in [-0.05, 0) is 62.7 Å². The Morgan fingerprint density at radius 1 is 1.08 bits per heavy atom. The maximum absolute atomic E-state index is 13.9. The van der Waals surface area contributed by atoms with Crippen LogP contribution >= 0.6 is 11.3 Å². The summed E-state index contributed by atoms with van der Waals surface area (Å²) in [5.74, 6) is 1.21. The molecule has 1 aliphatic rings. The zero-order valence-corrected chi connectivity index (χ0v) is 23.1. The van der Waals surface area contributed by atoms with Gasteiger partial charge in [-0.3, -0.25) is 14.2 Å². The molecule has 0 aliphatic carbocycles. The van der Waals surface area contributed by atoms with Gasteiger partial charge < -0.3 is 24.2 Å². The predicted molar refractivity (Wildman–Crippen MR) is 146 cm³/mol. The van der Waals surface area contributed by atoms with Crippen molar-refractivity contribution in [3.05, 3.63) is 78.5 Å². The molecule has 200 valence electrons. The number of ether oxygens (including phenoxy) is 3. The second kappa shape index (κ2) is 11.1. The van der Waals surface area contributed by atoms with Crippen molar-refractivity contribution in [1.29, 1.82) is 0 Å². The summed E-state index contributed by atoms with van der Waals surface area (Å²) in [6.45, 7) is 6.65. The normalized spacial score (nSPS) is 15.1. The first-order valence-electron chi connectivity index (χ1n) is 12.2. The summed E-state index contributed by atoms with van der Waals surface area (Å²) in [6, 6.07) is 9.40. The van der Waals surface area contributed by atoms with Gasteiger partial charge in [0.1, 0.15) is 17.5 Å². The van der Waals surface area contributed by atoms with E-state index in [4.69, 9.17) is 19.2 Å². The lowest BCUT2D eigenvalue weighted by molar-refractivity contribution is -0.127. The number of rotatable bonds is 8. The molecule has 0 saturated carbocycles. The molecule has 0 radical (unpaired) electrons. The zero-order chi connectivity index (χ0) is 27.6. The minimum Gasteiger partial charge on any atom is -0.504 e. The molecule has 9 nitrogen and oxygen atoms in total. The number of benzene rings is 2. The second-order valence-corrected chi connectivity index (χ2v) is 9.61. The van der Waals surface area contributed by atoms with E-state index in [1.807, 2.05) is 13.8 Å². The van der Waals surface area contributed by atoms with Crippen molar-refractivity contribution >= 4 is 23.3 Å². The van der Waals surface area contributed by atoms with Crippen molar-refractivity contribution < 1.29 is 24.1 Å². The number of fused-ring (bicyclic) bond motifs is 1. The topological polar surface area (TPSA) is 103 Å². The lowest BCUT2D eigenvalue weighted by Crippen LogP contribution is -2.43. The summed E-state index contributed by atoms with van der Waals surface area (Å²) in [4.78, 5) is 34.6. The standard InChI is InChI=1S/C28H31N3O6S/c1-7-30(8-2)27(34)24-16(3)29-28-31(25(24)19-15-18(35-4)10-12-21(19)36-5)26(33)23(38-28)14-17-9-11-20(32)22(13-17)37-6/h9-15,25,32H,7-8H2,1-6H3/b23-14+/t25-/m0/s1. The number of allylic oxidation sites excluding steroid dienone is 1. The monoisotopic (exact) mass is 537 g/mol. The van der Waals surface area contributed by atoms with Crippen molar-refractivity contribution in [3.8, 4) is 23.0 Å². The van der Waals surface area contributed by atoms with Gasteiger partial charge in [0.05, 0.1) is 37.1 Å². The fraction of sp³-hybridized carbons (Fsp3) is 0.321. The molecule has 1 N–H and O–H groups in total. The summed E-state index contributed by atoms with van der Waals surface area (Å²) < 4.78 is 18.3. The summed E-state index contributed by atoms with van der Waals surface area (Å²) in [5.41, 5.74) is 1.94. The van der Waals surface area contributed by atoms with E-state index >= 15 is 0 Å². The lowest BCUT2D eigenvalue weighted by atomic mass is 9.93. The summed E-state index contributed by atoms with van der Waals surface area (Å²) in [6.07, 6.45) is 1.72. The predicted octanol–water partition coefficient (Wildman–Crippen LogP) is 2.84. The number of methoxy groups -OCH3 is 3. The first kappa shape index (κ1) is 27.0. The zero-order valence-electron chi connectivity index (χ0n) is 22.3. The first-order chi connectivity index (χ1) is 18.3. The minimum absolute atomic E-state index is 0.00594. The summed E-state index contributed by atoms with van der Waals surface area (Å²) >= 11 is 1.23. The van der Waals surface area contributed by atoms with Crippen LogP contribution in [0.1, 0.15) is 37.9 Å². The number of aromatic hydroxyl groups is 1. The Morgan fingerprint density at radius 2 is 1.79 bits per heavy atom. The second-order valence-electron chi connectivity index (χ2n) is 8.60. The van der Waals surface area contributed by atoms with Gasteiger partial charge in [0, 0.05) is 18.7 Å². The quantitative estimate of drug-likeness (QED) is 0.474. The lowest BCUT2D eigenvalue weighted by Gasteiger charge is -2.30. The van der Waals surface area contributed by atoms with Gasteiger partial charge in [-0.25, -0.2) is 4.99 Å². The third-order valence-corrected chi connectivity index (χ3v) is 7.52. The number of likely N-dealkylation sites (N-methyl/N-ethyl adjacent to an activating group) is 1. The molecule has 2 aromatic carbocycles. The van der Waals surface area contributed by atoms with Crippen LogP contribution in [0.4, 0.5) is 0 Å². The van der Waals surface area contributed by atoms with Crippen LogP contribution in [0.25, 0.3) is 6.08 Å².